The molecule has 0 N–H and O–H groups in total. The predicted octanol–water partition coefficient (Wildman–Crippen LogP) is 10.2. The van der Waals surface area contributed by atoms with Crippen LogP contribution in [0.2, 0.25) is 0 Å². The number of benzene rings is 6. The van der Waals surface area contributed by atoms with E-state index in [9.17, 15) is 0 Å². The molecule has 3 heterocycles. The second-order valence-corrected chi connectivity index (χ2v) is 12.3. The van der Waals surface area contributed by atoms with Crippen LogP contribution in [0.4, 0.5) is 0 Å². The van der Waals surface area contributed by atoms with E-state index in [0.29, 0.717) is 5.82 Å². The smallest absolute Gasteiger partial charge is 0.174 e. The second kappa shape index (κ2) is 9.76. The highest BCUT2D eigenvalue weighted by Crippen LogP contribution is 2.50. The molecule has 0 unspecified atom stereocenters. The third-order valence-corrected chi connectivity index (χ3v) is 9.81. The van der Waals surface area contributed by atoms with Crippen molar-refractivity contribution in [2.24, 2.45) is 0 Å². The third kappa shape index (κ3) is 3.68. The highest BCUT2D eigenvalue weighted by atomic mass is 32.1. The minimum atomic E-state index is 0.707. The first-order valence-electron chi connectivity index (χ1n) is 15.2. The van der Waals surface area contributed by atoms with Crippen LogP contribution in [0.3, 0.4) is 0 Å². The van der Waals surface area contributed by atoms with E-state index in [1.54, 1.807) is 0 Å². The average Bonchev–Trinajstić information content (AvgIpc) is 3.83. The molecule has 0 bridgehead atoms. The molecule has 1 aliphatic rings. The van der Waals surface area contributed by atoms with Crippen molar-refractivity contribution in [2.75, 3.05) is 0 Å². The summed E-state index contributed by atoms with van der Waals surface area (Å²) in [5.41, 5.74) is 11.2. The molecular formula is C40H23N5S. The van der Waals surface area contributed by atoms with Crippen molar-refractivity contribution in [3.63, 3.8) is 0 Å². The lowest BCUT2D eigenvalue weighted by atomic mass is 9.98. The molecule has 10 rings (SSSR count). The zero-order chi connectivity index (χ0) is 30.2. The van der Waals surface area contributed by atoms with Crippen molar-refractivity contribution in [2.45, 2.75) is 0 Å². The van der Waals surface area contributed by atoms with Gasteiger partial charge in [-0.05, 0) is 51.1 Å². The summed E-state index contributed by atoms with van der Waals surface area (Å²) in [5, 5.41) is 5.80. The fourth-order valence-electron chi connectivity index (χ4n) is 7.03. The lowest BCUT2D eigenvalue weighted by molar-refractivity contribution is 1.08. The number of para-hydroxylation sites is 1. The van der Waals surface area contributed by atoms with E-state index in [4.69, 9.17) is 19.3 Å². The average molecular weight is 606 g/mol. The van der Waals surface area contributed by atoms with Crippen LogP contribution >= 0.6 is 11.5 Å². The summed E-state index contributed by atoms with van der Waals surface area (Å²) < 4.78 is 7.16. The van der Waals surface area contributed by atoms with Crippen LogP contribution in [0.15, 0.2) is 140 Å². The standard InChI is InChI=1S/C40H23N5S/c1-2-9-25(10-3-1)38-41-22-27(23-42-38)45-34-18-5-4-13-28(34)29-20-19-26(21-35(29)45)40-43-39(44-46-40)33-17-8-15-31-30-14-6-11-24-12-7-16-32(36(24)30)37(31)33/h1-23H. The molecule has 0 aliphatic heterocycles. The monoisotopic (exact) mass is 605 g/mol. The van der Waals surface area contributed by atoms with E-state index in [-0.39, 0.29) is 0 Å². The van der Waals surface area contributed by atoms with Crippen LogP contribution < -0.4 is 0 Å². The fraction of sp³-hybridized carbons (Fsp3) is 0. The van der Waals surface area contributed by atoms with E-state index in [1.807, 2.05) is 42.7 Å². The summed E-state index contributed by atoms with van der Waals surface area (Å²) >= 11 is 1.44. The summed E-state index contributed by atoms with van der Waals surface area (Å²) in [6.07, 6.45) is 3.82. The Kier molecular flexibility index (Phi) is 5.38. The Morgan fingerprint density at radius 3 is 2.11 bits per heavy atom. The Morgan fingerprint density at radius 2 is 1.24 bits per heavy atom. The van der Waals surface area contributed by atoms with E-state index >= 15 is 0 Å². The molecule has 0 fully saturated rings. The molecule has 6 aromatic carbocycles. The zero-order valence-electron chi connectivity index (χ0n) is 24.4. The maximum Gasteiger partial charge on any atom is 0.174 e. The minimum absolute atomic E-state index is 0.707. The summed E-state index contributed by atoms with van der Waals surface area (Å²) in [4.78, 5) is 14.6. The van der Waals surface area contributed by atoms with Crippen molar-refractivity contribution < 1.29 is 0 Å². The van der Waals surface area contributed by atoms with Gasteiger partial charge >= 0.3 is 0 Å². The van der Waals surface area contributed by atoms with Gasteiger partial charge < -0.3 is 4.57 Å². The van der Waals surface area contributed by atoms with E-state index in [1.165, 1.54) is 55.3 Å². The molecule has 0 saturated carbocycles. The van der Waals surface area contributed by atoms with Gasteiger partial charge in [-0.3, -0.25) is 0 Å². The maximum absolute atomic E-state index is 5.14. The van der Waals surface area contributed by atoms with Crippen LogP contribution in [0.1, 0.15) is 0 Å². The van der Waals surface area contributed by atoms with Gasteiger partial charge in [-0.2, -0.15) is 4.37 Å². The molecule has 1 aliphatic carbocycles. The summed E-state index contributed by atoms with van der Waals surface area (Å²) in [7, 11) is 0. The maximum atomic E-state index is 5.14. The largest absolute Gasteiger partial charge is 0.306 e. The molecular weight excluding hydrogens is 583 g/mol. The lowest BCUT2D eigenvalue weighted by Crippen LogP contribution is -1.98. The second-order valence-electron chi connectivity index (χ2n) is 11.6. The molecule has 46 heavy (non-hydrogen) atoms. The van der Waals surface area contributed by atoms with Gasteiger partial charge in [-0.15, -0.1) is 0 Å². The highest BCUT2D eigenvalue weighted by molar-refractivity contribution is 7.09. The van der Waals surface area contributed by atoms with Crippen LogP contribution in [0.5, 0.6) is 0 Å². The van der Waals surface area contributed by atoms with Gasteiger partial charge in [-0.25, -0.2) is 15.0 Å². The van der Waals surface area contributed by atoms with Gasteiger partial charge in [0.15, 0.2) is 11.6 Å². The number of hydrogen-bond acceptors (Lipinski definition) is 5. The van der Waals surface area contributed by atoms with Crippen LogP contribution in [-0.2, 0) is 0 Å². The van der Waals surface area contributed by atoms with E-state index in [0.717, 1.165) is 44.2 Å². The van der Waals surface area contributed by atoms with Crippen LogP contribution in [-0.4, -0.2) is 23.9 Å². The number of hydrogen-bond donors (Lipinski definition) is 0. The molecule has 0 spiro atoms. The van der Waals surface area contributed by atoms with Crippen molar-refractivity contribution in [3.05, 3.63) is 140 Å². The summed E-state index contributed by atoms with van der Waals surface area (Å²) in [6.45, 7) is 0. The van der Waals surface area contributed by atoms with E-state index in [2.05, 4.69) is 102 Å². The van der Waals surface area contributed by atoms with E-state index < -0.39 is 0 Å². The Balaban J connectivity index is 1.10. The van der Waals surface area contributed by atoms with Crippen LogP contribution in [0.25, 0.3) is 93.9 Å². The SMILES string of the molecule is c1ccc(-c2ncc(-n3c4ccccc4c4ccc(-c5nc(-c6cccc7c6-c6cccc8cccc-7c68)ns5)cc43)cn2)cc1. The van der Waals surface area contributed by atoms with Gasteiger partial charge in [0.1, 0.15) is 5.01 Å². The topological polar surface area (TPSA) is 56.5 Å². The number of fused-ring (bicyclic) bond motifs is 6. The molecule has 0 saturated heterocycles. The number of nitrogens with zero attached hydrogens (tertiary/aromatic N) is 5. The quantitative estimate of drug-likeness (QED) is 0.200. The zero-order valence-corrected chi connectivity index (χ0v) is 25.2. The van der Waals surface area contributed by atoms with Crippen molar-refractivity contribution in [3.8, 4) is 61.3 Å². The lowest BCUT2D eigenvalue weighted by Gasteiger charge is -2.08. The van der Waals surface area contributed by atoms with Gasteiger partial charge in [0.05, 0.1) is 29.1 Å². The minimum Gasteiger partial charge on any atom is -0.306 e. The summed E-state index contributed by atoms with van der Waals surface area (Å²) in [6, 6.07) is 44.7. The normalized spacial score (nSPS) is 11.9. The van der Waals surface area contributed by atoms with Crippen molar-refractivity contribution in [1.29, 1.82) is 0 Å². The Labute approximate surface area is 268 Å². The molecule has 5 nitrogen and oxygen atoms in total. The third-order valence-electron chi connectivity index (χ3n) is 9.04. The molecule has 0 atom stereocenters. The molecule has 0 amide bonds. The molecule has 6 heteroatoms. The predicted molar refractivity (Wildman–Crippen MR) is 188 cm³/mol. The first-order chi connectivity index (χ1) is 22.8. The Morgan fingerprint density at radius 1 is 0.522 bits per heavy atom. The molecule has 214 valence electrons. The van der Waals surface area contributed by atoms with Crippen LogP contribution in [0, 0.1) is 0 Å². The molecule has 3 aromatic heterocycles. The van der Waals surface area contributed by atoms with Gasteiger partial charge in [-0.1, -0.05) is 115 Å². The first kappa shape index (κ1) is 25.4. The molecule has 9 aromatic rings. The van der Waals surface area contributed by atoms with Crippen molar-refractivity contribution in [1.82, 2.24) is 23.9 Å². The van der Waals surface area contributed by atoms with Gasteiger partial charge in [0.2, 0.25) is 0 Å². The Hall–Kier alpha value is -5.98. The Bertz CT molecular complexity index is 2630. The highest BCUT2D eigenvalue weighted by Gasteiger charge is 2.25. The van der Waals surface area contributed by atoms with Gasteiger partial charge in [0, 0.05) is 33.0 Å². The fourth-order valence-corrected chi connectivity index (χ4v) is 7.70. The van der Waals surface area contributed by atoms with Crippen molar-refractivity contribution >= 4 is 44.1 Å². The molecule has 0 radical (unpaired) electrons. The summed E-state index contributed by atoms with van der Waals surface area (Å²) in [5.74, 6) is 1.46. The first-order valence-corrected chi connectivity index (χ1v) is 16.0. The van der Waals surface area contributed by atoms with Gasteiger partial charge in [0.25, 0.3) is 0 Å². The number of rotatable bonds is 4. The number of aromatic nitrogens is 5.